The molecule has 0 saturated carbocycles. The van der Waals surface area contributed by atoms with Crippen molar-refractivity contribution in [2.45, 2.75) is 6.92 Å². The van der Waals surface area contributed by atoms with Crippen LogP contribution in [0, 0.1) is 6.92 Å². The number of aromatic amines is 2. The van der Waals surface area contributed by atoms with Crippen LogP contribution in [0.2, 0.25) is 0 Å². The summed E-state index contributed by atoms with van der Waals surface area (Å²) in [6.07, 6.45) is 0. The molecule has 0 saturated heterocycles. The molecule has 0 atom stereocenters. The van der Waals surface area contributed by atoms with Crippen LogP contribution in [0.25, 0.3) is 11.0 Å². The molecule has 1 aromatic carbocycles. The predicted octanol–water partition coefficient (Wildman–Crippen LogP) is 1.70. The highest BCUT2D eigenvalue weighted by molar-refractivity contribution is 5.77. The van der Waals surface area contributed by atoms with Crippen LogP contribution in [-0.4, -0.2) is 19.9 Å². The summed E-state index contributed by atoms with van der Waals surface area (Å²) in [5, 5.41) is 2.94. The number of anilines is 2. The smallest absolute Gasteiger partial charge is 0.252 e. The Morgan fingerprint density at radius 3 is 2.67 bits per heavy atom. The lowest BCUT2D eigenvalue weighted by Gasteiger charge is -2.01. The maximum Gasteiger partial charge on any atom is 0.252 e. The van der Waals surface area contributed by atoms with E-state index in [0.717, 1.165) is 11.0 Å². The van der Waals surface area contributed by atoms with Gasteiger partial charge in [-0.25, -0.2) is 9.97 Å². The van der Waals surface area contributed by atoms with Crippen LogP contribution in [-0.2, 0) is 0 Å². The Bertz CT molecular complexity index is 725. The van der Waals surface area contributed by atoms with Gasteiger partial charge in [-0.15, -0.1) is 0 Å². The topological polar surface area (TPSA) is 86.5 Å². The van der Waals surface area contributed by atoms with E-state index in [4.69, 9.17) is 0 Å². The van der Waals surface area contributed by atoms with Crippen molar-refractivity contribution >= 4 is 22.9 Å². The molecule has 0 aliphatic heterocycles. The lowest BCUT2D eigenvalue weighted by molar-refractivity contribution is 1.06. The summed E-state index contributed by atoms with van der Waals surface area (Å²) in [6, 6.07) is 9.12. The van der Waals surface area contributed by atoms with E-state index in [2.05, 4.69) is 25.3 Å². The average Bonchev–Trinajstić information content (AvgIpc) is 2.69. The van der Waals surface area contributed by atoms with Gasteiger partial charge < -0.3 is 4.98 Å². The van der Waals surface area contributed by atoms with Crippen molar-refractivity contribution in [3.05, 3.63) is 46.4 Å². The van der Waals surface area contributed by atoms with Crippen molar-refractivity contribution in [1.82, 2.24) is 19.9 Å². The molecule has 3 aromatic rings. The van der Waals surface area contributed by atoms with Gasteiger partial charge in [0.05, 0.1) is 11.0 Å². The number of H-pyrrole nitrogens is 2. The van der Waals surface area contributed by atoms with Gasteiger partial charge >= 0.3 is 0 Å². The van der Waals surface area contributed by atoms with Crippen molar-refractivity contribution in [3.63, 3.8) is 0 Å². The second-order valence-electron chi connectivity index (χ2n) is 3.96. The van der Waals surface area contributed by atoms with Crippen LogP contribution < -0.4 is 10.9 Å². The third-order valence-electron chi connectivity index (χ3n) is 2.50. The third kappa shape index (κ3) is 1.95. The lowest BCUT2D eigenvalue weighted by Crippen LogP contribution is -2.10. The summed E-state index contributed by atoms with van der Waals surface area (Å²) in [7, 11) is 0. The van der Waals surface area contributed by atoms with Crippen LogP contribution in [0.4, 0.5) is 11.9 Å². The van der Waals surface area contributed by atoms with Crippen molar-refractivity contribution in [2.24, 2.45) is 0 Å². The largest absolute Gasteiger partial charge is 0.324 e. The van der Waals surface area contributed by atoms with Gasteiger partial charge in [-0.2, -0.15) is 0 Å². The molecule has 0 aliphatic rings. The third-order valence-corrected chi connectivity index (χ3v) is 2.50. The Morgan fingerprint density at radius 2 is 1.89 bits per heavy atom. The first-order valence-corrected chi connectivity index (χ1v) is 5.50. The monoisotopic (exact) mass is 241 g/mol. The molecule has 0 radical (unpaired) electrons. The van der Waals surface area contributed by atoms with Crippen molar-refractivity contribution in [2.75, 3.05) is 5.32 Å². The Balaban J connectivity index is 1.98. The SMILES string of the molecule is Cc1cc(=O)[nH]c(Nc2nc3ccccc3[nH]2)n1. The average molecular weight is 241 g/mol. The molecule has 3 N–H and O–H groups in total. The zero-order valence-corrected chi connectivity index (χ0v) is 9.69. The number of para-hydroxylation sites is 2. The van der Waals surface area contributed by atoms with Crippen LogP contribution in [0.15, 0.2) is 35.1 Å². The first-order chi connectivity index (χ1) is 8.70. The number of fused-ring (bicyclic) bond motifs is 1. The molecule has 18 heavy (non-hydrogen) atoms. The van der Waals surface area contributed by atoms with Gasteiger partial charge in [-0.1, -0.05) is 12.1 Å². The fourth-order valence-electron chi connectivity index (χ4n) is 1.76. The van der Waals surface area contributed by atoms with Crippen molar-refractivity contribution in [1.29, 1.82) is 0 Å². The van der Waals surface area contributed by atoms with Crippen LogP contribution in [0.5, 0.6) is 0 Å². The first kappa shape index (κ1) is 10.5. The number of nitrogens with one attached hydrogen (secondary N) is 3. The number of rotatable bonds is 2. The molecule has 6 nitrogen and oxygen atoms in total. The molecule has 0 bridgehead atoms. The first-order valence-electron chi connectivity index (χ1n) is 5.50. The van der Waals surface area contributed by atoms with E-state index in [1.807, 2.05) is 24.3 Å². The van der Waals surface area contributed by atoms with Crippen molar-refractivity contribution < 1.29 is 0 Å². The summed E-state index contributed by atoms with van der Waals surface area (Å²) in [4.78, 5) is 25.5. The van der Waals surface area contributed by atoms with E-state index in [0.29, 0.717) is 17.6 Å². The Hall–Kier alpha value is -2.63. The molecule has 0 aliphatic carbocycles. The number of benzene rings is 1. The van der Waals surface area contributed by atoms with Gasteiger partial charge in [0, 0.05) is 11.8 Å². The van der Waals surface area contributed by atoms with Crippen LogP contribution in [0.3, 0.4) is 0 Å². The summed E-state index contributed by atoms with van der Waals surface area (Å²) in [5.41, 5.74) is 2.24. The molecule has 2 heterocycles. The molecule has 6 heteroatoms. The van der Waals surface area contributed by atoms with Gasteiger partial charge in [0.15, 0.2) is 0 Å². The highest BCUT2D eigenvalue weighted by Gasteiger charge is 2.03. The van der Waals surface area contributed by atoms with E-state index in [1.165, 1.54) is 6.07 Å². The zero-order valence-electron chi connectivity index (χ0n) is 9.69. The van der Waals surface area contributed by atoms with Crippen LogP contribution >= 0.6 is 0 Å². The van der Waals surface area contributed by atoms with E-state index in [-0.39, 0.29) is 5.56 Å². The molecule has 0 amide bonds. The molecule has 2 aromatic heterocycles. The minimum atomic E-state index is -0.193. The Labute approximate surface area is 102 Å². The molecule has 0 unspecified atom stereocenters. The number of imidazole rings is 1. The van der Waals surface area contributed by atoms with Gasteiger partial charge in [-0.3, -0.25) is 15.1 Å². The second kappa shape index (κ2) is 3.99. The zero-order chi connectivity index (χ0) is 12.5. The maximum atomic E-state index is 11.3. The predicted molar refractivity (Wildman–Crippen MR) is 69.0 cm³/mol. The van der Waals surface area contributed by atoms with Crippen LogP contribution in [0.1, 0.15) is 5.69 Å². The fourth-order valence-corrected chi connectivity index (χ4v) is 1.76. The minimum Gasteiger partial charge on any atom is -0.324 e. The Kier molecular flexibility index (Phi) is 2.33. The summed E-state index contributed by atoms with van der Waals surface area (Å²) >= 11 is 0. The van der Waals surface area contributed by atoms with Crippen molar-refractivity contribution in [3.8, 4) is 0 Å². The van der Waals surface area contributed by atoms with E-state index < -0.39 is 0 Å². The highest BCUT2D eigenvalue weighted by atomic mass is 16.1. The minimum absolute atomic E-state index is 0.193. The van der Waals surface area contributed by atoms with E-state index in [9.17, 15) is 4.79 Å². The summed E-state index contributed by atoms with van der Waals surface area (Å²) in [6.45, 7) is 1.76. The Morgan fingerprint density at radius 1 is 1.11 bits per heavy atom. The molecule has 0 spiro atoms. The molecule has 0 fully saturated rings. The number of aryl methyl sites for hydroxylation is 1. The van der Waals surface area contributed by atoms with Gasteiger partial charge in [0.25, 0.3) is 5.56 Å². The normalized spacial score (nSPS) is 10.7. The molecular weight excluding hydrogens is 230 g/mol. The molecule has 3 rings (SSSR count). The lowest BCUT2D eigenvalue weighted by atomic mass is 10.3. The highest BCUT2D eigenvalue weighted by Crippen LogP contribution is 2.15. The molecular formula is C12H11N5O. The summed E-state index contributed by atoms with van der Waals surface area (Å²) < 4.78 is 0. The second-order valence-corrected chi connectivity index (χ2v) is 3.96. The maximum absolute atomic E-state index is 11.3. The fraction of sp³-hybridized carbons (Fsp3) is 0.0833. The van der Waals surface area contributed by atoms with Gasteiger partial charge in [0.1, 0.15) is 0 Å². The van der Waals surface area contributed by atoms with Gasteiger partial charge in [-0.05, 0) is 19.1 Å². The quantitative estimate of drug-likeness (QED) is 0.637. The van der Waals surface area contributed by atoms with E-state index >= 15 is 0 Å². The summed E-state index contributed by atoms with van der Waals surface area (Å²) in [5.74, 6) is 0.920. The number of hydrogen-bond acceptors (Lipinski definition) is 4. The number of aromatic nitrogens is 4. The van der Waals surface area contributed by atoms with Gasteiger partial charge in [0.2, 0.25) is 11.9 Å². The number of hydrogen-bond donors (Lipinski definition) is 3. The van der Waals surface area contributed by atoms with E-state index in [1.54, 1.807) is 6.92 Å². The molecule has 90 valence electrons. The standard InChI is InChI=1S/C12H11N5O/c1-7-6-10(18)16-11(13-7)17-12-14-8-4-2-3-5-9(8)15-12/h2-6H,1H3,(H3,13,14,15,16,17,18). The number of nitrogens with zero attached hydrogens (tertiary/aromatic N) is 2.